The molecule has 2 saturated heterocycles. The second-order valence-electron chi connectivity index (χ2n) is 8.24. The van der Waals surface area contributed by atoms with Crippen molar-refractivity contribution < 1.29 is 14.0 Å². The number of amides is 2. The molecule has 1 unspecified atom stereocenters. The van der Waals surface area contributed by atoms with Crippen molar-refractivity contribution in [3.8, 4) is 0 Å². The number of rotatable bonds is 4. The van der Waals surface area contributed by atoms with Gasteiger partial charge >= 0.3 is 0 Å². The van der Waals surface area contributed by atoms with Crippen LogP contribution < -0.4 is 4.90 Å². The Balaban J connectivity index is 1.39. The molecule has 158 valence electrons. The molecule has 1 atom stereocenters. The van der Waals surface area contributed by atoms with E-state index in [1.165, 1.54) is 12.1 Å². The van der Waals surface area contributed by atoms with Gasteiger partial charge in [-0.05, 0) is 36.6 Å². The molecule has 1 spiro atoms. The van der Waals surface area contributed by atoms with E-state index in [4.69, 9.17) is 0 Å². The number of nitrogens with zero attached hydrogens (tertiary/aromatic N) is 4. The number of carbonyl (C=O) groups excluding carboxylic acids is 2. The van der Waals surface area contributed by atoms with Crippen LogP contribution in [-0.2, 0) is 16.1 Å². The fourth-order valence-corrected chi connectivity index (χ4v) is 4.93. The molecule has 5 rings (SSSR count). The number of anilines is 1. The summed E-state index contributed by atoms with van der Waals surface area (Å²) >= 11 is 0. The first kappa shape index (κ1) is 19.5. The molecule has 2 aliphatic heterocycles. The molecule has 31 heavy (non-hydrogen) atoms. The lowest BCUT2D eigenvalue weighted by molar-refractivity contribution is -0.149. The highest BCUT2D eigenvalue weighted by atomic mass is 19.1. The summed E-state index contributed by atoms with van der Waals surface area (Å²) < 4.78 is 15.6. The average molecular weight is 418 g/mol. The van der Waals surface area contributed by atoms with Gasteiger partial charge in [0.05, 0.1) is 17.8 Å². The molecule has 0 saturated carbocycles. The van der Waals surface area contributed by atoms with Crippen LogP contribution in [0.2, 0.25) is 0 Å². The van der Waals surface area contributed by atoms with Crippen molar-refractivity contribution in [2.24, 2.45) is 5.41 Å². The van der Waals surface area contributed by atoms with Crippen molar-refractivity contribution in [2.45, 2.75) is 25.4 Å². The van der Waals surface area contributed by atoms with E-state index in [9.17, 15) is 14.0 Å². The Kier molecular flexibility index (Phi) is 4.81. The van der Waals surface area contributed by atoms with Gasteiger partial charge in [-0.1, -0.05) is 36.4 Å². The van der Waals surface area contributed by atoms with E-state index in [0.717, 1.165) is 5.56 Å². The normalized spacial score (nSPS) is 20.0. The number of aromatic nitrogens is 2. The molecule has 0 radical (unpaired) electrons. The minimum atomic E-state index is -0.570. The highest BCUT2D eigenvalue weighted by Crippen LogP contribution is 2.57. The summed E-state index contributed by atoms with van der Waals surface area (Å²) in [6.07, 6.45) is 6.22. The largest absolute Gasteiger partial charge is 0.341 e. The van der Waals surface area contributed by atoms with Gasteiger partial charge in [0.25, 0.3) is 0 Å². The predicted molar refractivity (Wildman–Crippen MR) is 114 cm³/mol. The molecule has 2 aromatic carbocycles. The highest BCUT2D eigenvalue weighted by Gasteiger charge is 2.62. The number of halogens is 1. The maximum absolute atomic E-state index is 13.9. The molecule has 2 aliphatic rings. The Labute approximate surface area is 179 Å². The monoisotopic (exact) mass is 418 g/mol. The fourth-order valence-electron chi connectivity index (χ4n) is 4.93. The first-order valence-corrected chi connectivity index (χ1v) is 10.5. The molecular weight excluding hydrogens is 395 g/mol. The second kappa shape index (κ2) is 7.65. The van der Waals surface area contributed by atoms with Gasteiger partial charge in [0.2, 0.25) is 11.8 Å². The van der Waals surface area contributed by atoms with Gasteiger partial charge in [0, 0.05) is 31.2 Å². The van der Waals surface area contributed by atoms with Crippen LogP contribution in [-0.4, -0.2) is 39.4 Å². The molecule has 2 amide bonds. The first-order chi connectivity index (χ1) is 15.1. The van der Waals surface area contributed by atoms with Crippen LogP contribution in [0.5, 0.6) is 0 Å². The maximum atomic E-state index is 13.9. The van der Waals surface area contributed by atoms with Gasteiger partial charge in [-0.15, -0.1) is 0 Å². The topological polar surface area (TPSA) is 58.4 Å². The summed E-state index contributed by atoms with van der Waals surface area (Å²) in [6, 6.07) is 15.9. The summed E-state index contributed by atoms with van der Waals surface area (Å²) in [4.78, 5) is 33.6. The van der Waals surface area contributed by atoms with Crippen LogP contribution >= 0.6 is 0 Å². The minimum Gasteiger partial charge on any atom is -0.341 e. The molecule has 1 aromatic heterocycles. The second-order valence-corrected chi connectivity index (χ2v) is 8.24. The SMILES string of the molecule is O=C(Cn1ccnc1)N1CCC2(CC1)C(=O)N(c1cccc(F)c1)C2c1ccccc1. The number of hydrogen-bond acceptors (Lipinski definition) is 3. The lowest BCUT2D eigenvalue weighted by Gasteiger charge is -2.59. The van der Waals surface area contributed by atoms with Gasteiger partial charge in [-0.2, -0.15) is 0 Å². The molecule has 0 bridgehead atoms. The lowest BCUT2D eigenvalue weighted by atomic mass is 9.62. The van der Waals surface area contributed by atoms with Crippen LogP contribution in [0.25, 0.3) is 0 Å². The zero-order chi connectivity index (χ0) is 21.4. The van der Waals surface area contributed by atoms with Gasteiger partial charge in [0.15, 0.2) is 0 Å². The van der Waals surface area contributed by atoms with Crippen LogP contribution in [0.3, 0.4) is 0 Å². The number of hydrogen-bond donors (Lipinski definition) is 0. The van der Waals surface area contributed by atoms with Crippen LogP contribution in [0.1, 0.15) is 24.4 Å². The average Bonchev–Trinajstić information content (AvgIpc) is 3.30. The maximum Gasteiger partial charge on any atom is 0.242 e. The minimum absolute atomic E-state index is 0.00802. The third-order valence-electron chi connectivity index (χ3n) is 6.51. The van der Waals surface area contributed by atoms with Gasteiger partial charge in [0.1, 0.15) is 12.4 Å². The molecule has 7 heteroatoms. The van der Waals surface area contributed by atoms with E-state index in [1.54, 1.807) is 40.3 Å². The Morgan fingerprint density at radius 1 is 1.10 bits per heavy atom. The standard InChI is InChI=1S/C24H23FN4O2/c25-19-7-4-8-20(15-19)29-22(18-5-2-1-3-6-18)24(23(29)31)9-12-28(13-10-24)21(30)16-27-14-11-26-17-27/h1-8,11,14-15,17,22H,9-10,12-13,16H2. The lowest BCUT2D eigenvalue weighted by Crippen LogP contribution is -2.67. The summed E-state index contributed by atoms with van der Waals surface area (Å²) in [5.41, 5.74) is 1.03. The van der Waals surface area contributed by atoms with Crippen molar-refractivity contribution in [1.82, 2.24) is 14.5 Å². The Morgan fingerprint density at radius 2 is 1.87 bits per heavy atom. The van der Waals surface area contributed by atoms with Gasteiger partial charge in [-0.25, -0.2) is 9.37 Å². The molecule has 3 heterocycles. The van der Waals surface area contributed by atoms with E-state index in [-0.39, 0.29) is 30.2 Å². The van der Waals surface area contributed by atoms with Crippen LogP contribution in [0.4, 0.5) is 10.1 Å². The van der Waals surface area contributed by atoms with E-state index in [2.05, 4.69) is 4.98 Å². The summed E-state index contributed by atoms with van der Waals surface area (Å²) in [5, 5.41) is 0. The summed E-state index contributed by atoms with van der Waals surface area (Å²) in [5.74, 6) is -0.329. The third-order valence-corrected chi connectivity index (χ3v) is 6.51. The zero-order valence-corrected chi connectivity index (χ0v) is 17.0. The number of imidazole rings is 1. The number of benzene rings is 2. The number of carbonyl (C=O) groups is 2. The Bertz CT molecular complexity index is 1090. The molecule has 0 N–H and O–H groups in total. The summed E-state index contributed by atoms with van der Waals surface area (Å²) in [7, 11) is 0. The fraction of sp³-hybridized carbons (Fsp3) is 0.292. The Hall–Kier alpha value is -3.48. The third kappa shape index (κ3) is 3.30. The zero-order valence-electron chi connectivity index (χ0n) is 17.0. The van der Waals surface area contributed by atoms with Crippen molar-refractivity contribution in [1.29, 1.82) is 0 Å². The smallest absolute Gasteiger partial charge is 0.242 e. The van der Waals surface area contributed by atoms with Gasteiger partial charge in [-0.3, -0.25) is 9.59 Å². The van der Waals surface area contributed by atoms with E-state index in [0.29, 0.717) is 31.6 Å². The molecule has 6 nitrogen and oxygen atoms in total. The highest BCUT2D eigenvalue weighted by molar-refractivity contribution is 6.06. The van der Waals surface area contributed by atoms with E-state index in [1.807, 2.05) is 35.2 Å². The summed E-state index contributed by atoms with van der Waals surface area (Å²) in [6.45, 7) is 1.30. The first-order valence-electron chi connectivity index (χ1n) is 10.5. The number of β-lactam (4-membered cyclic amide) rings is 1. The van der Waals surface area contributed by atoms with Crippen molar-refractivity contribution in [3.05, 3.63) is 84.7 Å². The number of piperidine rings is 1. The van der Waals surface area contributed by atoms with Gasteiger partial charge < -0.3 is 14.4 Å². The molecule has 0 aliphatic carbocycles. The quantitative estimate of drug-likeness (QED) is 0.610. The van der Waals surface area contributed by atoms with E-state index < -0.39 is 5.41 Å². The Morgan fingerprint density at radius 3 is 2.55 bits per heavy atom. The molecule has 2 fully saturated rings. The van der Waals surface area contributed by atoms with Crippen molar-refractivity contribution >= 4 is 17.5 Å². The van der Waals surface area contributed by atoms with Crippen molar-refractivity contribution in [2.75, 3.05) is 18.0 Å². The predicted octanol–water partition coefficient (Wildman–Crippen LogP) is 3.42. The van der Waals surface area contributed by atoms with E-state index >= 15 is 0 Å². The van der Waals surface area contributed by atoms with Crippen LogP contribution in [0.15, 0.2) is 73.3 Å². The van der Waals surface area contributed by atoms with Crippen LogP contribution in [0, 0.1) is 11.2 Å². The van der Waals surface area contributed by atoms with Crippen molar-refractivity contribution in [3.63, 3.8) is 0 Å². The molecular formula is C24H23FN4O2. The molecule has 3 aromatic rings. The number of likely N-dealkylation sites (tertiary alicyclic amines) is 1.